The summed E-state index contributed by atoms with van der Waals surface area (Å²) in [7, 11) is 1.61. The third-order valence-corrected chi connectivity index (χ3v) is 4.01. The van der Waals surface area contributed by atoms with E-state index in [2.05, 4.69) is 0 Å². The van der Waals surface area contributed by atoms with Gasteiger partial charge in [-0.3, -0.25) is 0 Å². The SMILES string of the molecule is COc1ccc(C2=C(C)Oc3c(ccc(O)c3C)C2O)cc1. The highest BCUT2D eigenvalue weighted by Crippen LogP contribution is 2.45. The topological polar surface area (TPSA) is 58.9 Å². The van der Waals surface area contributed by atoms with Crippen molar-refractivity contribution in [2.24, 2.45) is 0 Å². The van der Waals surface area contributed by atoms with Crippen molar-refractivity contribution >= 4 is 5.57 Å². The maximum Gasteiger partial charge on any atom is 0.139 e. The van der Waals surface area contributed by atoms with Gasteiger partial charge in [0.05, 0.1) is 7.11 Å². The van der Waals surface area contributed by atoms with Crippen molar-refractivity contribution < 1.29 is 19.7 Å². The lowest BCUT2D eigenvalue weighted by molar-refractivity contribution is 0.218. The van der Waals surface area contributed by atoms with E-state index in [1.165, 1.54) is 0 Å². The van der Waals surface area contributed by atoms with E-state index in [0.29, 0.717) is 22.6 Å². The van der Waals surface area contributed by atoms with E-state index in [4.69, 9.17) is 9.47 Å². The van der Waals surface area contributed by atoms with Crippen LogP contribution in [0.1, 0.15) is 29.7 Å². The van der Waals surface area contributed by atoms with E-state index in [-0.39, 0.29) is 5.75 Å². The van der Waals surface area contributed by atoms with Crippen molar-refractivity contribution in [1.82, 2.24) is 0 Å². The Balaban J connectivity index is 2.08. The molecular weight excluding hydrogens is 280 g/mol. The van der Waals surface area contributed by atoms with E-state index < -0.39 is 6.10 Å². The predicted molar refractivity (Wildman–Crippen MR) is 84.0 cm³/mol. The maximum absolute atomic E-state index is 10.7. The highest BCUT2D eigenvalue weighted by molar-refractivity contribution is 5.76. The van der Waals surface area contributed by atoms with Crippen LogP contribution < -0.4 is 9.47 Å². The third-order valence-electron chi connectivity index (χ3n) is 4.01. The van der Waals surface area contributed by atoms with Crippen molar-refractivity contribution in [3.05, 3.63) is 58.8 Å². The van der Waals surface area contributed by atoms with Crippen LogP contribution in [-0.2, 0) is 0 Å². The van der Waals surface area contributed by atoms with Gasteiger partial charge < -0.3 is 19.7 Å². The molecule has 3 rings (SSSR count). The molecule has 2 aromatic carbocycles. The Morgan fingerprint density at radius 3 is 2.36 bits per heavy atom. The maximum atomic E-state index is 10.7. The number of phenolic OH excluding ortho intramolecular Hbond substituents is 1. The lowest BCUT2D eigenvalue weighted by Crippen LogP contribution is -2.14. The number of aliphatic hydroxyl groups excluding tert-OH is 1. The smallest absolute Gasteiger partial charge is 0.139 e. The van der Waals surface area contributed by atoms with Gasteiger partial charge in [0.1, 0.15) is 29.1 Å². The Morgan fingerprint density at radius 2 is 1.73 bits per heavy atom. The Morgan fingerprint density at radius 1 is 1.05 bits per heavy atom. The second kappa shape index (κ2) is 5.39. The molecule has 1 aliphatic heterocycles. The minimum Gasteiger partial charge on any atom is -0.508 e. The third kappa shape index (κ3) is 2.22. The predicted octanol–water partition coefficient (Wildman–Crippen LogP) is 3.57. The second-order valence-corrected chi connectivity index (χ2v) is 5.33. The second-order valence-electron chi connectivity index (χ2n) is 5.33. The molecule has 0 radical (unpaired) electrons. The fourth-order valence-electron chi connectivity index (χ4n) is 2.74. The Bertz CT molecular complexity index is 744. The van der Waals surface area contributed by atoms with Crippen LogP contribution in [0.25, 0.3) is 5.57 Å². The average molecular weight is 298 g/mol. The standard InChI is InChI=1S/C18H18O4/c1-10-15(19)9-8-14-17(20)16(11(2)22-18(10)14)12-4-6-13(21-3)7-5-12/h4-9,17,19-20H,1-3H3. The number of hydrogen-bond donors (Lipinski definition) is 2. The molecule has 0 fully saturated rings. The average Bonchev–Trinajstić information content (AvgIpc) is 2.52. The number of allylic oxidation sites excluding steroid dienone is 1. The number of phenols is 1. The summed E-state index contributed by atoms with van der Waals surface area (Å²) in [6.45, 7) is 3.59. The molecule has 0 aromatic heterocycles. The fourth-order valence-corrected chi connectivity index (χ4v) is 2.74. The number of aromatic hydroxyl groups is 1. The Kier molecular flexibility index (Phi) is 3.54. The molecule has 0 aliphatic carbocycles. The number of benzene rings is 2. The number of methoxy groups -OCH3 is 1. The first kappa shape index (κ1) is 14.5. The van der Waals surface area contributed by atoms with Gasteiger partial charge in [0.2, 0.25) is 0 Å². The largest absolute Gasteiger partial charge is 0.508 e. The quantitative estimate of drug-likeness (QED) is 0.890. The van der Waals surface area contributed by atoms with E-state index in [0.717, 1.165) is 16.9 Å². The fraction of sp³-hybridized carbons (Fsp3) is 0.222. The zero-order valence-corrected chi connectivity index (χ0v) is 12.8. The number of hydrogen-bond acceptors (Lipinski definition) is 4. The highest BCUT2D eigenvalue weighted by Gasteiger charge is 2.29. The molecule has 114 valence electrons. The van der Waals surface area contributed by atoms with Gasteiger partial charge in [-0.25, -0.2) is 0 Å². The zero-order chi connectivity index (χ0) is 15.9. The molecule has 0 saturated carbocycles. The lowest BCUT2D eigenvalue weighted by Gasteiger charge is -2.28. The van der Waals surface area contributed by atoms with Crippen molar-refractivity contribution in [3.8, 4) is 17.2 Å². The molecule has 0 saturated heterocycles. The van der Waals surface area contributed by atoms with Crippen molar-refractivity contribution in [1.29, 1.82) is 0 Å². The first-order valence-corrected chi connectivity index (χ1v) is 7.06. The van der Waals surface area contributed by atoms with Crippen LogP contribution >= 0.6 is 0 Å². The molecule has 4 heteroatoms. The number of ether oxygens (including phenoxy) is 2. The molecule has 1 atom stereocenters. The highest BCUT2D eigenvalue weighted by atomic mass is 16.5. The number of rotatable bonds is 2. The first-order valence-electron chi connectivity index (χ1n) is 7.06. The van der Waals surface area contributed by atoms with Crippen molar-refractivity contribution in [2.75, 3.05) is 7.11 Å². The molecule has 4 nitrogen and oxygen atoms in total. The summed E-state index contributed by atoms with van der Waals surface area (Å²) in [5.74, 6) is 2.07. The number of fused-ring (bicyclic) bond motifs is 1. The van der Waals surface area contributed by atoms with Crippen molar-refractivity contribution in [3.63, 3.8) is 0 Å². The summed E-state index contributed by atoms with van der Waals surface area (Å²) in [5, 5.41) is 20.5. The van der Waals surface area contributed by atoms with Crippen LogP contribution in [0.5, 0.6) is 17.2 Å². The molecule has 22 heavy (non-hydrogen) atoms. The van der Waals surface area contributed by atoms with Gasteiger partial charge in [0.25, 0.3) is 0 Å². The van der Waals surface area contributed by atoms with E-state index >= 15 is 0 Å². The first-order chi connectivity index (χ1) is 10.5. The molecule has 0 bridgehead atoms. The number of aliphatic hydroxyl groups is 1. The summed E-state index contributed by atoms with van der Waals surface area (Å²) in [6.07, 6.45) is -0.795. The van der Waals surface area contributed by atoms with E-state index in [1.807, 2.05) is 31.2 Å². The molecule has 0 spiro atoms. The molecule has 1 heterocycles. The summed E-state index contributed by atoms with van der Waals surface area (Å²) in [4.78, 5) is 0. The summed E-state index contributed by atoms with van der Waals surface area (Å²) >= 11 is 0. The van der Waals surface area contributed by atoms with Gasteiger partial charge in [-0.05, 0) is 43.7 Å². The zero-order valence-electron chi connectivity index (χ0n) is 12.8. The van der Waals surface area contributed by atoms with E-state index in [1.54, 1.807) is 26.2 Å². The van der Waals surface area contributed by atoms with Crippen LogP contribution in [0, 0.1) is 6.92 Å². The van der Waals surface area contributed by atoms with Crippen LogP contribution in [0.15, 0.2) is 42.2 Å². The molecule has 1 unspecified atom stereocenters. The van der Waals surface area contributed by atoms with Gasteiger partial charge in [-0.15, -0.1) is 0 Å². The summed E-state index contributed by atoms with van der Waals surface area (Å²) in [6, 6.07) is 10.7. The van der Waals surface area contributed by atoms with Gasteiger partial charge in [0.15, 0.2) is 0 Å². The molecule has 0 amide bonds. The minimum absolute atomic E-state index is 0.159. The van der Waals surface area contributed by atoms with Crippen LogP contribution in [0.4, 0.5) is 0 Å². The van der Waals surface area contributed by atoms with Gasteiger partial charge in [-0.2, -0.15) is 0 Å². The van der Waals surface area contributed by atoms with Gasteiger partial charge >= 0.3 is 0 Å². The molecular formula is C18H18O4. The normalized spacial score (nSPS) is 17.0. The Labute approximate surface area is 129 Å². The molecule has 1 aliphatic rings. The van der Waals surface area contributed by atoms with Gasteiger partial charge in [-0.1, -0.05) is 12.1 Å². The molecule has 2 aromatic rings. The summed E-state index contributed by atoms with van der Waals surface area (Å²) in [5.41, 5.74) is 2.89. The van der Waals surface area contributed by atoms with Crippen LogP contribution in [0.2, 0.25) is 0 Å². The molecule has 2 N–H and O–H groups in total. The minimum atomic E-state index is -0.795. The summed E-state index contributed by atoms with van der Waals surface area (Å²) < 4.78 is 11.0. The van der Waals surface area contributed by atoms with Crippen LogP contribution in [0.3, 0.4) is 0 Å². The van der Waals surface area contributed by atoms with E-state index in [9.17, 15) is 10.2 Å². The lowest BCUT2D eigenvalue weighted by atomic mass is 9.90. The van der Waals surface area contributed by atoms with Gasteiger partial charge in [0, 0.05) is 16.7 Å². The van der Waals surface area contributed by atoms with Crippen molar-refractivity contribution in [2.45, 2.75) is 20.0 Å². The monoisotopic (exact) mass is 298 g/mol. The van der Waals surface area contributed by atoms with Crippen LogP contribution in [-0.4, -0.2) is 17.3 Å². The Hall–Kier alpha value is -2.46.